The van der Waals surface area contributed by atoms with Gasteiger partial charge in [-0.25, -0.2) is 4.98 Å². The van der Waals surface area contributed by atoms with E-state index in [0.29, 0.717) is 6.29 Å². The molecule has 0 aliphatic rings. The second kappa shape index (κ2) is 4.02. The number of carbonyl (C=O) groups excluding carboxylic acids is 1. The average Bonchev–Trinajstić information content (AvgIpc) is 2.51. The third kappa shape index (κ3) is 3.39. The van der Waals surface area contributed by atoms with Crippen LogP contribution in [-0.4, -0.2) is 22.0 Å². The van der Waals surface area contributed by atoms with Gasteiger partial charge >= 0.3 is 0 Å². The van der Waals surface area contributed by atoms with Crippen LogP contribution >= 0.6 is 11.3 Å². The van der Waals surface area contributed by atoms with Crippen molar-refractivity contribution in [3.05, 3.63) is 16.1 Å². The zero-order valence-corrected chi connectivity index (χ0v) is 10.4. The van der Waals surface area contributed by atoms with Crippen molar-refractivity contribution in [2.24, 2.45) is 0 Å². The highest BCUT2D eigenvalue weighted by molar-refractivity contribution is 7.09. The van der Waals surface area contributed by atoms with E-state index in [1.807, 2.05) is 5.38 Å². The van der Waals surface area contributed by atoms with Gasteiger partial charge < -0.3 is 9.90 Å². The Labute approximate surface area is 94.2 Å². The first kappa shape index (κ1) is 12.3. The first-order chi connectivity index (χ1) is 6.74. The van der Waals surface area contributed by atoms with Crippen molar-refractivity contribution < 1.29 is 9.90 Å². The van der Waals surface area contributed by atoms with Crippen LogP contribution in [0.15, 0.2) is 5.38 Å². The monoisotopic (exact) mass is 227 g/mol. The molecule has 0 aliphatic heterocycles. The molecule has 1 atom stereocenters. The Morgan fingerprint density at radius 1 is 1.47 bits per heavy atom. The standard InChI is InChI=1S/C11H17NO2S/c1-10(2,3)8-6-15-9(12-8)5-11(4,14)7-13/h6-7,14H,5H2,1-4H3. The number of aromatic nitrogens is 1. The fourth-order valence-corrected chi connectivity index (χ4v) is 2.26. The smallest absolute Gasteiger partial charge is 0.151 e. The molecule has 1 aromatic heterocycles. The van der Waals surface area contributed by atoms with E-state index in [2.05, 4.69) is 25.8 Å². The lowest BCUT2D eigenvalue weighted by atomic mass is 9.93. The van der Waals surface area contributed by atoms with E-state index in [0.717, 1.165) is 10.7 Å². The molecule has 0 saturated heterocycles. The minimum atomic E-state index is -1.30. The Kier molecular flexibility index (Phi) is 3.31. The molecule has 0 radical (unpaired) electrons. The molecule has 0 bridgehead atoms. The van der Waals surface area contributed by atoms with E-state index in [9.17, 15) is 9.90 Å². The van der Waals surface area contributed by atoms with Crippen molar-refractivity contribution in [2.75, 3.05) is 0 Å². The molecule has 0 saturated carbocycles. The van der Waals surface area contributed by atoms with E-state index in [-0.39, 0.29) is 11.8 Å². The number of aldehydes is 1. The van der Waals surface area contributed by atoms with Crippen LogP contribution in [0.4, 0.5) is 0 Å². The normalized spacial score (nSPS) is 16.1. The van der Waals surface area contributed by atoms with E-state index < -0.39 is 5.60 Å². The maximum absolute atomic E-state index is 10.6. The molecule has 15 heavy (non-hydrogen) atoms. The summed E-state index contributed by atoms with van der Waals surface area (Å²) < 4.78 is 0. The lowest BCUT2D eigenvalue weighted by Gasteiger charge is -2.15. The number of hydrogen-bond donors (Lipinski definition) is 1. The summed E-state index contributed by atoms with van der Waals surface area (Å²) in [6.07, 6.45) is 0.850. The summed E-state index contributed by atoms with van der Waals surface area (Å²) in [4.78, 5) is 15.0. The quantitative estimate of drug-likeness (QED) is 0.803. The maximum atomic E-state index is 10.6. The Hall–Kier alpha value is -0.740. The maximum Gasteiger partial charge on any atom is 0.151 e. The molecule has 4 heteroatoms. The second-order valence-corrected chi connectivity index (χ2v) is 5.97. The van der Waals surface area contributed by atoms with Gasteiger partial charge in [0.2, 0.25) is 0 Å². The summed E-state index contributed by atoms with van der Waals surface area (Å²) in [5.74, 6) is 0. The van der Waals surface area contributed by atoms with E-state index in [4.69, 9.17) is 0 Å². The van der Waals surface area contributed by atoms with Gasteiger partial charge in [0.15, 0.2) is 6.29 Å². The molecule has 0 aliphatic carbocycles. The van der Waals surface area contributed by atoms with Crippen molar-refractivity contribution in [2.45, 2.75) is 45.1 Å². The van der Waals surface area contributed by atoms with Crippen molar-refractivity contribution in [3.63, 3.8) is 0 Å². The van der Waals surface area contributed by atoms with Gasteiger partial charge in [-0.3, -0.25) is 0 Å². The van der Waals surface area contributed by atoms with Gasteiger partial charge in [0, 0.05) is 17.2 Å². The zero-order valence-electron chi connectivity index (χ0n) is 9.57. The fourth-order valence-electron chi connectivity index (χ4n) is 1.08. The lowest BCUT2D eigenvalue weighted by Crippen LogP contribution is -2.28. The Morgan fingerprint density at radius 3 is 2.47 bits per heavy atom. The third-order valence-corrected chi connectivity index (χ3v) is 2.93. The minimum Gasteiger partial charge on any atom is -0.382 e. The van der Waals surface area contributed by atoms with Crippen LogP contribution in [0.5, 0.6) is 0 Å². The van der Waals surface area contributed by atoms with Crippen LogP contribution in [0, 0.1) is 0 Å². The van der Waals surface area contributed by atoms with Gasteiger partial charge in [-0.15, -0.1) is 11.3 Å². The molecule has 0 amide bonds. The van der Waals surface area contributed by atoms with Crippen molar-refractivity contribution >= 4 is 17.6 Å². The van der Waals surface area contributed by atoms with Gasteiger partial charge in [-0.2, -0.15) is 0 Å². The SMILES string of the molecule is CC(O)(C=O)Cc1nc(C(C)(C)C)cs1. The summed E-state index contributed by atoms with van der Waals surface area (Å²) >= 11 is 1.49. The highest BCUT2D eigenvalue weighted by Gasteiger charge is 2.23. The Balaban J connectivity index is 2.82. The van der Waals surface area contributed by atoms with Crippen LogP contribution in [0.3, 0.4) is 0 Å². The molecule has 0 aromatic carbocycles. The van der Waals surface area contributed by atoms with Gasteiger partial charge in [0.25, 0.3) is 0 Å². The molecule has 1 unspecified atom stereocenters. The molecule has 1 rings (SSSR count). The third-order valence-electron chi connectivity index (χ3n) is 2.08. The van der Waals surface area contributed by atoms with Crippen LogP contribution in [0.25, 0.3) is 0 Å². The topological polar surface area (TPSA) is 50.2 Å². The summed E-state index contributed by atoms with van der Waals surface area (Å²) in [5, 5.41) is 12.4. The molecular formula is C11H17NO2S. The Morgan fingerprint density at radius 2 is 2.07 bits per heavy atom. The van der Waals surface area contributed by atoms with Gasteiger partial charge in [0.1, 0.15) is 5.60 Å². The van der Waals surface area contributed by atoms with Gasteiger partial charge in [-0.05, 0) is 6.92 Å². The molecule has 1 aromatic rings. The summed E-state index contributed by atoms with van der Waals surface area (Å²) in [6, 6.07) is 0. The van der Waals surface area contributed by atoms with Gasteiger partial charge in [0.05, 0.1) is 10.7 Å². The minimum absolute atomic E-state index is 0.0157. The van der Waals surface area contributed by atoms with E-state index in [1.165, 1.54) is 18.3 Å². The molecule has 84 valence electrons. The van der Waals surface area contributed by atoms with E-state index >= 15 is 0 Å². The first-order valence-corrected chi connectivity index (χ1v) is 5.76. The fraction of sp³-hybridized carbons (Fsp3) is 0.636. The summed E-state index contributed by atoms with van der Waals surface area (Å²) in [7, 11) is 0. The van der Waals surface area contributed by atoms with Crippen LogP contribution in [0.2, 0.25) is 0 Å². The van der Waals surface area contributed by atoms with Crippen LogP contribution in [-0.2, 0) is 16.6 Å². The molecule has 1 heterocycles. The predicted molar refractivity (Wildman–Crippen MR) is 61.2 cm³/mol. The summed E-state index contributed by atoms with van der Waals surface area (Å²) in [6.45, 7) is 7.76. The Bertz CT molecular complexity index is 350. The highest BCUT2D eigenvalue weighted by atomic mass is 32.1. The molecule has 0 spiro atoms. The van der Waals surface area contributed by atoms with Crippen LogP contribution < -0.4 is 0 Å². The predicted octanol–water partition coefficient (Wildman–Crippen LogP) is 1.93. The number of carbonyl (C=O) groups is 1. The molecule has 0 fully saturated rings. The number of nitrogens with zero attached hydrogens (tertiary/aromatic N) is 1. The summed E-state index contributed by atoms with van der Waals surface area (Å²) in [5.41, 5.74) is -0.279. The van der Waals surface area contributed by atoms with E-state index in [1.54, 1.807) is 0 Å². The largest absolute Gasteiger partial charge is 0.382 e. The molecule has 1 N–H and O–H groups in total. The number of aliphatic hydroxyl groups is 1. The average molecular weight is 227 g/mol. The lowest BCUT2D eigenvalue weighted by molar-refractivity contribution is -0.122. The molecular weight excluding hydrogens is 210 g/mol. The van der Waals surface area contributed by atoms with Crippen molar-refractivity contribution in [3.8, 4) is 0 Å². The first-order valence-electron chi connectivity index (χ1n) is 4.88. The van der Waals surface area contributed by atoms with Crippen molar-refractivity contribution in [1.82, 2.24) is 4.98 Å². The van der Waals surface area contributed by atoms with Crippen molar-refractivity contribution in [1.29, 1.82) is 0 Å². The number of thiazole rings is 1. The number of rotatable bonds is 3. The van der Waals surface area contributed by atoms with Crippen LogP contribution in [0.1, 0.15) is 38.4 Å². The number of hydrogen-bond acceptors (Lipinski definition) is 4. The second-order valence-electron chi connectivity index (χ2n) is 5.03. The van der Waals surface area contributed by atoms with Gasteiger partial charge in [-0.1, -0.05) is 20.8 Å². The molecule has 3 nitrogen and oxygen atoms in total. The zero-order chi connectivity index (χ0) is 11.7. The highest BCUT2D eigenvalue weighted by Crippen LogP contribution is 2.25.